The van der Waals surface area contributed by atoms with Crippen LogP contribution in [0.1, 0.15) is 0 Å². The Labute approximate surface area is 78.3 Å². The van der Waals surface area contributed by atoms with Crippen molar-refractivity contribution in [2.45, 2.75) is 0 Å². The van der Waals surface area contributed by atoms with Crippen LogP contribution in [-0.2, 0) is 0 Å². The normalized spacial score (nSPS) is 8.69. The van der Waals surface area contributed by atoms with Gasteiger partial charge in [0.2, 0.25) is 5.69 Å². The van der Waals surface area contributed by atoms with E-state index in [0.717, 1.165) is 12.1 Å². The van der Waals surface area contributed by atoms with E-state index in [1.54, 1.807) is 0 Å². The van der Waals surface area contributed by atoms with Crippen molar-refractivity contribution in [3.63, 3.8) is 0 Å². The second-order valence-electron chi connectivity index (χ2n) is 2.07. The van der Waals surface area contributed by atoms with E-state index in [4.69, 9.17) is 6.57 Å². The summed E-state index contributed by atoms with van der Waals surface area (Å²) in [5.41, 5.74) is -0.624. The summed E-state index contributed by atoms with van der Waals surface area (Å²) in [4.78, 5) is 6.07. The third-order valence-corrected chi connectivity index (χ3v) is 1.39. The lowest BCUT2D eigenvalue weighted by Gasteiger charge is -1.96. The number of halogens is 2. The summed E-state index contributed by atoms with van der Waals surface area (Å²) in [6.45, 7) is 6.51. The van der Waals surface area contributed by atoms with Crippen LogP contribution in [0.4, 0.5) is 20.2 Å². The first-order valence-electron chi connectivity index (χ1n) is 3.13. The molecule has 0 saturated heterocycles. The summed E-state index contributed by atoms with van der Waals surface area (Å²) in [5, 5.41) is 1.91. The van der Waals surface area contributed by atoms with Gasteiger partial charge in [-0.15, -0.1) is 0 Å². The predicted octanol–water partition coefficient (Wildman–Crippen LogP) is 3.25. The average molecular weight is 196 g/mol. The number of rotatable bonds is 1. The highest BCUT2D eigenvalue weighted by Gasteiger charge is 2.08. The molecule has 0 heterocycles. The zero-order chi connectivity index (χ0) is 9.84. The molecular formula is C8H2F2N2S. The zero-order valence-corrected chi connectivity index (χ0v) is 7.03. The molecule has 5 heteroatoms. The molecule has 0 saturated carbocycles. The summed E-state index contributed by atoms with van der Waals surface area (Å²) < 4.78 is 25.8. The zero-order valence-electron chi connectivity index (χ0n) is 6.21. The molecule has 64 valence electrons. The van der Waals surface area contributed by atoms with Crippen molar-refractivity contribution in [3.8, 4) is 0 Å². The van der Waals surface area contributed by atoms with Crippen molar-refractivity contribution in [3.05, 3.63) is 35.2 Å². The Balaban J connectivity index is 3.38. The van der Waals surface area contributed by atoms with Gasteiger partial charge in [-0.2, -0.15) is 4.99 Å². The number of hydrogen-bond acceptors (Lipinski definition) is 2. The molecule has 1 rings (SSSR count). The lowest BCUT2D eigenvalue weighted by atomic mass is 10.2. The van der Waals surface area contributed by atoms with Crippen molar-refractivity contribution >= 4 is 28.8 Å². The maximum atomic E-state index is 12.9. The van der Waals surface area contributed by atoms with Gasteiger partial charge in [-0.05, 0) is 24.4 Å². The number of isothiocyanates is 1. The number of hydrogen-bond donors (Lipinski definition) is 0. The van der Waals surface area contributed by atoms with Crippen molar-refractivity contribution < 1.29 is 8.78 Å². The summed E-state index contributed by atoms with van der Waals surface area (Å²) in [6.07, 6.45) is 0. The van der Waals surface area contributed by atoms with E-state index >= 15 is 0 Å². The van der Waals surface area contributed by atoms with Crippen LogP contribution in [0.5, 0.6) is 0 Å². The topological polar surface area (TPSA) is 16.7 Å². The largest absolute Gasteiger partial charge is 0.235 e. The van der Waals surface area contributed by atoms with Crippen LogP contribution < -0.4 is 0 Å². The number of benzene rings is 1. The molecule has 0 fully saturated rings. The second-order valence-corrected chi connectivity index (χ2v) is 2.25. The Morgan fingerprint density at radius 1 is 1.38 bits per heavy atom. The molecule has 0 unspecified atom stereocenters. The number of nitrogens with zero attached hydrogens (tertiary/aromatic N) is 2. The molecule has 0 radical (unpaired) electrons. The van der Waals surface area contributed by atoms with Gasteiger partial charge in [0.15, 0.2) is 0 Å². The standard InChI is InChI=1S/C8H2F2N2S/c1-11-7-2-6(10)8(12-4-13)3-5(7)9/h2-3H. The van der Waals surface area contributed by atoms with Crippen LogP contribution in [0.25, 0.3) is 4.85 Å². The minimum Gasteiger partial charge on any atom is -0.235 e. The Kier molecular flexibility index (Phi) is 2.80. The van der Waals surface area contributed by atoms with Gasteiger partial charge in [0.05, 0.1) is 11.7 Å². The van der Waals surface area contributed by atoms with Gasteiger partial charge in [-0.25, -0.2) is 13.6 Å². The Bertz CT molecular complexity index is 431. The fraction of sp³-hybridized carbons (Fsp3) is 0. The molecule has 0 N–H and O–H groups in total. The molecule has 0 aliphatic rings. The third kappa shape index (κ3) is 1.94. The molecule has 0 aliphatic carbocycles. The van der Waals surface area contributed by atoms with Crippen LogP contribution in [0.15, 0.2) is 17.1 Å². The SMILES string of the molecule is [C-]#[N+]c1cc(F)c(N=C=S)cc1F. The molecule has 1 aromatic carbocycles. The first-order chi connectivity index (χ1) is 6.19. The van der Waals surface area contributed by atoms with Gasteiger partial charge in [0, 0.05) is 0 Å². The quantitative estimate of drug-likeness (QED) is 0.382. The highest BCUT2D eigenvalue weighted by molar-refractivity contribution is 7.78. The molecule has 0 aliphatic heterocycles. The number of aliphatic imine (C=N–C) groups is 1. The molecular weight excluding hydrogens is 194 g/mol. The minimum absolute atomic E-state index is 0.250. The Hall–Kier alpha value is -1.63. The lowest BCUT2D eigenvalue weighted by Crippen LogP contribution is -1.79. The van der Waals surface area contributed by atoms with Gasteiger partial charge < -0.3 is 0 Å². The van der Waals surface area contributed by atoms with Gasteiger partial charge in [-0.1, -0.05) is 0 Å². The monoisotopic (exact) mass is 196 g/mol. The Morgan fingerprint density at radius 2 is 2.08 bits per heavy atom. The van der Waals surface area contributed by atoms with Crippen molar-refractivity contribution in [1.29, 1.82) is 0 Å². The van der Waals surface area contributed by atoms with E-state index in [1.807, 2.05) is 5.16 Å². The predicted molar refractivity (Wildman–Crippen MR) is 47.3 cm³/mol. The smallest absolute Gasteiger partial charge is 0.225 e. The molecule has 0 amide bonds. The maximum Gasteiger partial charge on any atom is 0.225 e. The van der Waals surface area contributed by atoms with Crippen molar-refractivity contribution in [2.24, 2.45) is 4.99 Å². The Morgan fingerprint density at radius 3 is 2.62 bits per heavy atom. The van der Waals surface area contributed by atoms with E-state index in [0.29, 0.717) is 0 Å². The lowest BCUT2D eigenvalue weighted by molar-refractivity contribution is 0.607. The van der Waals surface area contributed by atoms with Gasteiger partial charge in [0.1, 0.15) is 17.3 Å². The molecule has 1 aromatic rings. The van der Waals surface area contributed by atoms with Crippen LogP contribution in [0, 0.1) is 18.2 Å². The van der Waals surface area contributed by atoms with Crippen molar-refractivity contribution in [1.82, 2.24) is 0 Å². The maximum absolute atomic E-state index is 12.9. The molecule has 0 spiro atoms. The molecule has 0 atom stereocenters. The van der Waals surface area contributed by atoms with E-state index in [1.165, 1.54) is 0 Å². The van der Waals surface area contributed by atoms with Gasteiger partial charge >= 0.3 is 0 Å². The molecule has 2 nitrogen and oxygen atoms in total. The second kappa shape index (κ2) is 3.85. The van der Waals surface area contributed by atoms with E-state index < -0.39 is 11.6 Å². The van der Waals surface area contributed by atoms with Crippen LogP contribution in [0.2, 0.25) is 0 Å². The highest BCUT2D eigenvalue weighted by atomic mass is 32.1. The number of thiocarbonyl (C=S) groups is 1. The molecule has 0 bridgehead atoms. The van der Waals surface area contributed by atoms with Gasteiger partial charge in [-0.3, -0.25) is 0 Å². The van der Waals surface area contributed by atoms with E-state index in [9.17, 15) is 8.78 Å². The fourth-order valence-corrected chi connectivity index (χ4v) is 0.845. The van der Waals surface area contributed by atoms with Crippen LogP contribution >= 0.6 is 12.2 Å². The summed E-state index contributed by atoms with van der Waals surface area (Å²) >= 11 is 4.23. The fourth-order valence-electron chi connectivity index (χ4n) is 0.746. The van der Waals surface area contributed by atoms with Crippen molar-refractivity contribution in [2.75, 3.05) is 0 Å². The summed E-state index contributed by atoms with van der Waals surface area (Å²) in [7, 11) is 0. The highest BCUT2D eigenvalue weighted by Crippen LogP contribution is 2.26. The third-order valence-electron chi connectivity index (χ3n) is 1.30. The van der Waals surface area contributed by atoms with Crippen LogP contribution in [0.3, 0.4) is 0 Å². The van der Waals surface area contributed by atoms with E-state index in [-0.39, 0.29) is 11.4 Å². The molecule has 0 aromatic heterocycles. The van der Waals surface area contributed by atoms with E-state index in [2.05, 4.69) is 22.1 Å². The average Bonchev–Trinajstić information content (AvgIpc) is 2.11. The minimum atomic E-state index is -0.819. The first kappa shape index (κ1) is 9.46. The molecule has 13 heavy (non-hydrogen) atoms. The van der Waals surface area contributed by atoms with Gasteiger partial charge in [0.25, 0.3) is 0 Å². The van der Waals surface area contributed by atoms with Crippen LogP contribution in [-0.4, -0.2) is 5.16 Å². The first-order valence-corrected chi connectivity index (χ1v) is 3.54. The summed E-state index contributed by atoms with van der Waals surface area (Å²) in [5.74, 6) is -1.61. The summed E-state index contributed by atoms with van der Waals surface area (Å²) in [6, 6.07) is 1.58.